The van der Waals surface area contributed by atoms with Crippen molar-refractivity contribution in [1.82, 2.24) is 14.5 Å². The third-order valence-electron chi connectivity index (χ3n) is 6.79. The third-order valence-corrected chi connectivity index (χ3v) is 6.79. The quantitative estimate of drug-likeness (QED) is 0.750. The molecule has 1 aliphatic carbocycles. The molecule has 31 heavy (non-hydrogen) atoms. The number of imidazole rings is 1. The van der Waals surface area contributed by atoms with Crippen LogP contribution >= 0.6 is 0 Å². The molecule has 7 heteroatoms. The lowest BCUT2D eigenvalue weighted by Crippen LogP contribution is -2.42. The number of likely N-dealkylation sites (tertiary alicyclic amines) is 1. The van der Waals surface area contributed by atoms with Gasteiger partial charge in [-0.3, -0.25) is 9.59 Å². The summed E-state index contributed by atoms with van der Waals surface area (Å²) in [4.78, 5) is 33.0. The minimum absolute atomic E-state index is 0.0186. The van der Waals surface area contributed by atoms with Crippen LogP contribution in [-0.4, -0.2) is 52.6 Å². The van der Waals surface area contributed by atoms with Crippen LogP contribution in [-0.2, 0) is 16.1 Å². The molecular weight excluding hydrogens is 392 g/mol. The van der Waals surface area contributed by atoms with E-state index in [1.54, 1.807) is 13.4 Å². The molecule has 2 heterocycles. The van der Waals surface area contributed by atoms with Gasteiger partial charge in [-0.05, 0) is 51.2 Å². The maximum Gasteiger partial charge on any atom is 0.256 e. The Kier molecular flexibility index (Phi) is 6.90. The molecule has 2 aromatic rings. The van der Waals surface area contributed by atoms with Gasteiger partial charge in [0.05, 0.1) is 29.5 Å². The molecule has 0 bridgehead atoms. The Morgan fingerprint density at radius 2 is 1.90 bits per heavy atom. The zero-order chi connectivity index (χ0) is 21.8. The van der Waals surface area contributed by atoms with Crippen molar-refractivity contribution in [2.75, 3.05) is 25.6 Å². The number of piperidine rings is 1. The molecule has 0 radical (unpaired) electrons. The SMILES string of the molecule is COCCn1cnc2cc(NC(=O)C3CCCCC3)cc(C(=O)N3CCCCC3C)c21. The van der Waals surface area contributed by atoms with E-state index >= 15 is 0 Å². The highest BCUT2D eigenvalue weighted by Crippen LogP contribution is 2.29. The van der Waals surface area contributed by atoms with E-state index in [0.29, 0.717) is 24.4 Å². The lowest BCUT2D eigenvalue weighted by molar-refractivity contribution is -0.120. The molecule has 1 aromatic heterocycles. The number of fused-ring (bicyclic) bond motifs is 1. The Morgan fingerprint density at radius 3 is 2.65 bits per heavy atom. The topological polar surface area (TPSA) is 76.5 Å². The van der Waals surface area contributed by atoms with Gasteiger partial charge in [0, 0.05) is 37.8 Å². The molecule has 1 saturated carbocycles. The van der Waals surface area contributed by atoms with Crippen molar-refractivity contribution in [2.24, 2.45) is 5.92 Å². The number of hydrogen-bond donors (Lipinski definition) is 1. The van der Waals surface area contributed by atoms with Crippen molar-refractivity contribution in [3.63, 3.8) is 0 Å². The number of nitrogens with zero attached hydrogens (tertiary/aromatic N) is 3. The fraction of sp³-hybridized carbons (Fsp3) is 0.625. The average molecular weight is 427 g/mol. The van der Waals surface area contributed by atoms with Gasteiger partial charge in [0.1, 0.15) is 0 Å². The van der Waals surface area contributed by atoms with Crippen LogP contribution in [0.1, 0.15) is 68.6 Å². The summed E-state index contributed by atoms with van der Waals surface area (Å²) in [5.41, 5.74) is 2.81. The molecule has 2 fully saturated rings. The van der Waals surface area contributed by atoms with Crippen LogP contribution in [0.15, 0.2) is 18.5 Å². The summed E-state index contributed by atoms with van der Waals surface area (Å²) in [6.07, 6.45) is 10.3. The Morgan fingerprint density at radius 1 is 1.13 bits per heavy atom. The number of nitrogens with one attached hydrogen (secondary N) is 1. The van der Waals surface area contributed by atoms with Gasteiger partial charge in [0.2, 0.25) is 5.91 Å². The van der Waals surface area contributed by atoms with Crippen LogP contribution in [0.4, 0.5) is 5.69 Å². The lowest BCUT2D eigenvalue weighted by atomic mass is 9.88. The first kappa shape index (κ1) is 21.8. The van der Waals surface area contributed by atoms with Crippen molar-refractivity contribution < 1.29 is 14.3 Å². The van der Waals surface area contributed by atoms with Gasteiger partial charge in [0.15, 0.2) is 0 Å². The smallest absolute Gasteiger partial charge is 0.256 e. The molecule has 1 aliphatic heterocycles. The molecule has 168 valence electrons. The first-order chi connectivity index (χ1) is 15.1. The van der Waals surface area contributed by atoms with E-state index in [4.69, 9.17) is 4.74 Å². The number of aromatic nitrogens is 2. The summed E-state index contributed by atoms with van der Waals surface area (Å²) in [5.74, 6) is 0.137. The number of anilines is 1. The van der Waals surface area contributed by atoms with Crippen molar-refractivity contribution in [2.45, 2.75) is 70.9 Å². The molecule has 4 rings (SSSR count). The van der Waals surface area contributed by atoms with Gasteiger partial charge < -0.3 is 19.5 Å². The van der Waals surface area contributed by atoms with Crippen molar-refractivity contribution in [3.8, 4) is 0 Å². The van der Waals surface area contributed by atoms with E-state index in [1.165, 1.54) is 6.42 Å². The van der Waals surface area contributed by atoms with Crippen LogP contribution < -0.4 is 5.32 Å². The van der Waals surface area contributed by atoms with E-state index in [1.807, 2.05) is 21.6 Å². The standard InChI is InChI=1S/C24H34N4O3/c1-17-8-6-7-11-28(17)24(30)20-14-19(26-23(29)18-9-4-3-5-10-18)15-21-22(20)27(16-25-21)12-13-31-2/h14-18H,3-13H2,1-2H3,(H,26,29). The molecule has 1 N–H and O–H groups in total. The predicted molar refractivity (Wildman–Crippen MR) is 121 cm³/mol. The summed E-state index contributed by atoms with van der Waals surface area (Å²) in [6.45, 7) is 4.05. The zero-order valence-electron chi connectivity index (χ0n) is 18.7. The maximum atomic E-state index is 13.6. The van der Waals surface area contributed by atoms with E-state index in [0.717, 1.165) is 62.5 Å². The van der Waals surface area contributed by atoms with Gasteiger partial charge in [-0.2, -0.15) is 0 Å². The van der Waals surface area contributed by atoms with Gasteiger partial charge >= 0.3 is 0 Å². The van der Waals surface area contributed by atoms with Crippen molar-refractivity contribution >= 4 is 28.5 Å². The van der Waals surface area contributed by atoms with Crippen LogP contribution in [0.3, 0.4) is 0 Å². The second-order valence-corrected chi connectivity index (χ2v) is 8.99. The molecule has 2 amide bonds. The maximum absolute atomic E-state index is 13.6. The Bertz CT molecular complexity index is 932. The number of amides is 2. The molecule has 1 saturated heterocycles. The molecule has 7 nitrogen and oxygen atoms in total. The van der Waals surface area contributed by atoms with E-state index in [2.05, 4.69) is 17.2 Å². The lowest BCUT2D eigenvalue weighted by Gasteiger charge is -2.33. The van der Waals surface area contributed by atoms with E-state index < -0.39 is 0 Å². The average Bonchev–Trinajstić information content (AvgIpc) is 3.20. The molecular formula is C24H34N4O3. The van der Waals surface area contributed by atoms with Crippen LogP contribution in [0.2, 0.25) is 0 Å². The van der Waals surface area contributed by atoms with Gasteiger partial charge in [-0.25, -0.2) is 4.98 Å². The number of ether oxygens (including phenoxy) is 1. The first-order valence-electron chi connectivity index (χ1n) is 11.7. The predicted octanol–water partition coefficient (Wildman–Crippen LogP) is 4.22. The highest BCUT2D eigenvalue weighted by Gasteiger charge is 2.28. The largest absolute Gasteiger partial charge is 0.383 e. The number of carbonyl (C=O) groups is 2. The Labute approximate surface area is 184 Å². The number of carbonyl (C=O) groups excluding carboxylic acids is 2. The fourth-order valence-corrected chi connectivity index (χ4v) is 4.97. The van der Waals surface area contributed by atoms with Crippen LogP contribution in [0.25, 0.3) is 11.0 Å². The molecule has 2 aliphatic rings. The van der Waals surface area contributed by atoms with Gasteiger partial charge in [0.25, 0.3) is 5.91 Å². The summed E-state index contributed by atoms with van der Waals surface area (Å²) in [6, 6.07) is 3.94. The summed E-state index contributed by atoms with van der Waals surface area (Å²) < 4.78 is 7.22. The first-order valence-corrected chi connectivity index (χ1v) is 11.7. The van der Waals surface area contributed by atoms with Crippen LogP contribution in [0, 0.1) is 5.92 Å². The van der Waals surface area contributed by atoms with Crippen molar-refractivity contribution in [3.05, 3.63) is 24.0 Å². The number of methoxy groups -OCH3 is 1. The van der Waals surface area contributed by atoms with Crippen molar-refractivity contribution in [1.29, 1.82) is 0 Å². The van der Waals surface area contributed by atoms with Gasteiger partial charge in [-0.15, -0.1) is 0 Å². The fourth-order valence-electron chi connectivity index (χ4n) is 4.97. The minimum atomic E-state index is 0.0186. The molecule has 1 unspecified atom stereocenters. The second-order valence-electron chi connectivity index (χ2n) is 8.99. The Balaban J connectivity index is 1.68. The molecule has 1 aromatic carbocycles. The molecule has 0 spiro atoms. The van der Waals surface area contributed by atoms with E-state index in [9.17, 15) is 9.59 Å². The minimum Gasteiger partial charge on any atom is -0.383 e. The summed E-state index contributed by atoms with van der Waals surface area (Å²) >= 11 is 0. The summed E-state index contributed by atoms with van der Waals surface area (Å²) in [7, 11) is 1.67. The molecule has 1 atom stereocenters. The second kappa shape index (κ2) is 9.81. The summed E-state index contributed by atoms with van der Waals surface area (Å²) in [5, 5.41) is 3.08. The number of rotatable bonds is 6. The van der Waals surface area contributed by atoms with Gasteiger partial charge in [-0.1, -0.05) is 19.3 Å². The monoisotopic (exact) mass is 426 g/mol. The van der Waals surface area contributed by atoms with Crippen LogP contribution in [0.5, 0.6) is 0 Å². The zero-order valence-corrected chi connectivity index (χ0v) is 18.7. The van der Waals surface area contributed by atoms with E-state index in [-0.39, 0.29) is 23.8 Å². The number of hydrogen-bond acceptors (Lipinski definition) is 4. The Hall–Kier alpha value is -2.41. The highest BCUT2D eigenvalue weighted by atomic mass is 16.5. The normalized spacial score (nSPS) is 20.2. The third kappa shape index (κ3) is 4.76. The highest BCUT2D eigenvalue weighted by molar-refractivity contribution is 6.07. The number of benzene rings is 1.